The second-order valence-electron chi connectivity index (χ2n) is 5.55. The molecule has 1 amide bonds. The van der Waals surface area contributed by atoms with Gasteiger partial charge in [-0.1, -0.05) is 13.8 Å². The first-order valence-corrected chi connectivity index (χ1v) is 8.72. The monoisotopic (exact) mass is 332 g/mol. The van der Waals surface area contributed by atoms with Gasteiger partial charge in [0.15, 0.2) is 0 Å². The number of fused-ring (bicyclic) bond motifs is 3. The van der Waals surface area contributed by atoms with Crippen LogP contribution in [-0.4, -0.2) is 26.6 Å². The molecule has 1 N–H and O–H groups in total. The van der Waals surface area contributed by atoms with Gasteiger partial charge in [0.2, 0.25) is 5.91 Å². The molecule has 3 aromatic rings. The van der Waals surface area contributed by atoms with Crippen molar-refractivity contribution in [3.63, 3.8) is 0 Å². The van der Waals surface area contributed by atoms with Gasteiger partial charge in [-0.05, 0) is 37.3 Å². The molecule has 0 saturated heterocycles. The fourth-order valence-electron chi connectivity index (χ4n) is 2.84. The van der Waals surface area contributed by atoms with Crippen molar-refractivity contribution in [2.75, 3.05) is 6.54 Å². The van der Waals surface area contributed by atoms with E-state index < -0.39 is 6.04 Å². The van der Waals surface area contributed by atoms with Gasteiger partial charge in [-0.25, -0.2) is 4.68 Å². The lowest BCUT2D eigenvalue weighted by atomic mass is 10.2. The molecule has 1 atom stereocenters. The number of carbonyl (C=O) groups excluding carboxylic acids is 1. The molecule has 6 nitrogen and oxygen atoms in total. The van der Waals surface area contributed by atoms with Crippen molar-refractivity contribution in [1.29, 1.82) is 0 Å². The lowest BCUT2D eigenvalue weighted by molar-refractivity contribution is -0.124. The van der Waals surface area contributed by atoms with E-state index in [1.165, 1.54) is 4.68 Å². The zero-order chi connectivity index (χ0) is 16.6. The largest absolute Gasteiger partial charge is 0.354 e. The van der Waals surface area contributed by atoms with Gasteiger partial charge in [0, 0.05) is 6.54 Å². The molecule has 3 aromatic heterocycles. The lowest BCUT2D eigenvalue weighted by Gasteiger charge is -2.17. The van der Waals surface area contributed by atoms with E-state index in [0.717, 1.165) is 16.6 Å². The van der Waals surface area contributed by atoms with Crippen molar-refractivity contribution in [2.24, 2.45) is 0 Å². The van der Waals surface area contributed by atoms with Crippen LogP contribution in [0.1, 0.15) is 38.6 Å². The maximum absolute atomic E-state index is 12.8. The number of carbonyl (C=O) groups is 1. The first kappa shape index (κ1) is 15.7. The van der Waals surface area contributed by atoms with E-state index in [1.54, 1.807) is 11.3 Å². The van der Waals surface area contributed by atoms with Crippen molar-refractivity contribution < 1.29 is 4.79 Å². The molecule has 7 heteroatoms. The molecule has 1 unspecified atom stereocenters. The standard InChI is InChI=1S/C16H20N4O2S/c1-4-7-17-15(21)11(5-2)20-16(22)13-9-14-12(6-8-23-14)19(13)10(3)18-20/h6,8-9,11H,4-5,7H2,1-3H3,(H,17,21). The minimum Gasteiger partial charge on any atom is -0.354 e. The van der Waals surface area contributed by atoms with E-state index >= 15 is 0 Å². The second kappa shape index (κ2) is 6.16. The van der Waals surface area contributed by atoms with E-state index in [-0.39, 0.29) is 11.5 Å². The Hall–Kier alpha value is -2.15. The van der Waals surface area contributed by atoms with Crippen LogP contribution < -0.4 is 10.9 Å². The van der Waals surface area contributed by atoms with Crippen LogP contribution in [-0.2, 0) is 4.79 Å². The van der Waals surface area contributed by atoms with Gasteiger partial charge in [0.25, 0.3) is 5.56 Å². The SMILES string of the molecule is CCCNC(=O)C(CC)n1nc(C)n2c(cc3sccc32)c1=O. The predicted molar refractivity (Wildman–Crippen MR) is 92.2 cm³/mol. The Morgan fingerprint density at radius 1 is 1.39 bits per heavy atom. The van der Waals surface area contributed by atoms with Gasteiger partial charge >= 0.3 is 0 Å². The molecule has 0 aliphatic carbocycles. The van der Waals surface area contributed by atoms with Gasteiger partial charge in [0.1, 0.15) is 17.4 Å². The Balaban J connectivity index is 2.15. The Bertz CT molecular complexity index is 921. The highest BCUT2D eigenvalue weighted by atomic mass is 32.1. The minimum atomic E-state index is -0.578. The van der Waals surface area contributed by atoms with E-state index in [4.69, 9.17) is 0 Å². The zero-order valence-corrected chi connectivity index (χ0v) is 14.3. The molecule has 0 aliphatic rings. The molecule has 3 heterocycles. The highest BCUT2D eigenvalue weighted by molar-refractivity contribution is 7.17. The summed E-state index contributed by atoms with van der Waals surface area (Å²) >= 11 is 1.59. The summed E-state index contributed by atoms with van der Waals surface area (Å²) in [4.78, 5) is 25.2. The molecule has 23 heavy (non-hydrogen) atoms. The fraction of sp³-hybridized carbons (Fsp3) is 0.438. The summed E-state index contributed by atoms with van der Waals surface area (Å²) in [6.45, 7) is 6.35. The number of rotatable bonds is 5. The van der Waals surface area contributed by atoms with Gasteiger partial charge in [-0.3, -0.25) is 14.0 Å². The highest BCUT2D eigenvalue weighted by Crippen LogP contribution is 2.24. The van der Waals surface area contributed by atoms with E-state index in [0.29, 0.717) is 24.3 Å². The molecule has 0 bridgehead atoms. The number of nitrogens with one attached hydrogen (secondary N) is 1. The van der Waals surface area contributed by atoms with Crippen LogP contribution in [0.2, 0.25) is 0 Å². The van der Waals surface area contributed by atoms with Crippen LogP contribution in [0.25, 0.3) is 15.7 Å². The van der Waals surface area contributed by atoms with Crippen LogP contribution in [0.3, 0.4) is 0 Å². The summed E-state index contributed by atoms with van der Waals surface area (Å²) in [5.74, 6) is 0.552. The summed E-state index contributed by atoms with van der Waals surface area (Å²) in [7, 11) is 0. The van der Waals surface area contributed by atoms with Crippen molar-refractivity contribution in [3.8, 4) is 0 Å². The molecule has 0 aliphatic heterocycles. The average molecular weight is 332 g/mol. The quantitative estimate of drug-likeness (QED) is 0.780. The predicted octanol–water partition coefficient (Wildman–Crippen LogP) is 2.50. The van der Waals surface area contributed by atoms with Crippen LogP contribution in [0.15, 0.2) is 22.3 Å². The molecule has 0 radical (unpaired) electrons. The lowest BCUT2D eigenvalue weighted by Crippen LogP contribution is -2.39. The molecular formula is C16H20N4O2S. The number of aromatic nitrogens is 3. The maximum Gasteiger partial charge on any atom is 0.291 e. The molecule has 0 saturated carbocycles. The maximum atomic E-state index is 12.8. The van der Waals surface area contributed by atoms with Crippen molar-refractivity contribution in [3.05, 3.63) is 33.7 Å². The number of thiophene rings is 1. The highest BCUT2D eigenvalue weighted by Gasteiger charge is 2.23. The molecule has 0 spiro atoms. The van der Waals surface area contributed by atoms with Crippen molar-refractivity contribution >= 4 is 33.0 Å². The third kappa shape index (κ3) is 2.55. The molecule has 0 aromatic carbocycles. The van der Waals surface area contributed by atoms with E-state index in [2.05, 4.69) is 10.4 Å². The molecule has 122 valence electrons. The minimum absolute atomic E-state index is 0.152. The zero-order valence-electron chi connectivity index (χ0n) is 13.5. The third-order valence-corrected chi connectivity index (χ3v) is 4.81. The first-order valence-electron chi connectivity index (χ1n) is 7.84. The molecular weight excluding hydrogens is 312 g/mol. The summed E-state index contributed by atoms with van der Waals surface area (Å²) in [5, 5.41) is 9.26. The van der Waals surface area contributed by atoms with Crippen LogP contribution in [0.4, 0.5) is 0 Å². The number of hydrogen-bond acceptors (Lipinski definition) is 4. The topological polar surface area (TPSA) is 68.4 Å². The van der Waals surface area contributed by atoms with Crippen molar-refractivity contribution in [2.45, 2.75) is 39.7 Å². The smallest absolute Gasteiger partial charge is 0.291 e. The van der Waals surface area contributed by atoms with Gasteiger partial charge < -0.3 is 5.32 Å². The van der Waals surface area contributed by atoms with Crippen molar-refractivity contribution in [1.82, 2.24) is 19.5 Å². The fourth-order valence-corrected chi connectivity index (χ4v) is 3.64. The third-order valence-electron chi connectivity index (χ3n) is 3.96. The molecule has 0 fully saturated rings. The van der Waals surface area contributed by atoms with E-state index in [9.17, 15) is 9.59 Å². The summed E-state index contributed by atoms with van der Waals surface area (Å²) < 4.78 is 4.24. The van der Waals surface area contributed by atoms with Gasteiger partial charge in [0.05, 0.1) is 10.2 Å². The average Bonchev–Trinajstić information content (AvgIpc) is 3.11. The summed E-state index contributed by atoms with van der Waals surface area (Å²) in [6, 6.07) is 3.28. The Morgan fingerprint density at radius 2 is 2.17 bits per heavy atom. The Labute approximate surface area is 137 Å². The Kier molecular flexibility index (Phi) is 4.21. The van der Waals surface area contributed by atoms with E-state index in [1.807, 2.05) is 42.7 Å². The Morgan fingerprint density at radius 3 is 2.87 bits per heavy atom. The second-order valence-corrected chi connectivity index (χ2v) is 6.49. The number of amides is 1. The number of aryl methyl sites for hydroxylation is 1. The number of hydrogen-bond donors (Lipinski definition) is 1. The number of nitrogens with zero attached hydrogens (tertiary/aromatic N) is 3. The van der Waals surface area contributed by atoms with Crippen LogP contribution in [0, 0.1) is 6.92 Å². The van der Waals surface area contributed by atoms with Crippen LogP contribution in [0.5, 0.6) is 0 Å². The molecule has 3 rings (SSSR count). The summed E-state index contributed by atoms with van der Waals surface area (Å²) in [5.41, 5.74) is 1.33. The normalized spacial score (nSPS) is 12.8. The van der Waals surface area contributed by atoms with Gasteiger partial charge in [-0.15, -0.1) is 11.3 Å². The summed E-state index contributed by atoms with van der Waals surface area (Å²) in [6.07, 6.45) is 1.38. The van der Waals surface area contributed by atoms with Crippen LogP contribution >= 0.6 is 11.3 Å². The van der Waals surface area contributed by atoms with Gasteiger partial charge in [-0.2, -0.15) is 5.10 Å². The first-order chi connectivity index (χ1) is 11.1.